The largest absolute Gasteiger partial charge is 0.497 e. The number of methoxy groups -OCH3 is 1. The van der Waals surface area contributed by atoms with Crippen LogP contribution < -0.4 is 31.3 Å². The molecule has 3 amide bonds. The summed E-state index contributed by atoms with van der Waals surface area (Å²) in [5.74, 6) is 0.974. The van der Waals surface area contributed by atoms with E-state index in [-0.39, 0.29) is 23.8 Å². The summed E-state index contributed by atoms with van der Waals surface area (Å²) in [7, 11) is 1.59. The molecular formula is C29H27N9O3S. The van der Waals surface area contributed by atoms with Gasteiger partial charge in [-0.25, -0.2) is 9.78 Å². The van der Waals surface area contributed by atoms with Crippen molar-refractivity contribution in [2.45, 2.75) is 13.8 Å². The van der Waals surface area contributed by atoms with Gasteiger partial charge in [0.1, 0.15) is 5.75 Å². The van der Waals surface area contributed by atoms with Gasteiger partial charge in [0.15, 0.2) is 5.13 Å². The maximum atomic E-state index is 12.7. The number of urea groups is 1. The number of benzene rings is 3. The first kappa shape index (κ1) is 28.0. The summed E-state index contributed by atoms with van der Waals surface area (Å²) in [5.41, 5.74) is 4.67. The Bertz CT molecular complexity index is 1710. The lowest BCUT2D eigenvalue weighted by Crippen LogP contribution is -2.21. The zero-order valence-electron chi connectivity index (χ0n) is 22.9. The lowest BCUT2D eigenvalue weighted by molar-refractivity contribution is -0.114. The van der Waals surface area contributed by atoms with E-state index in [4.69, 9.17) is 4.74 Å². The molecular weight excluding hydrogens is 554 g/mol. The predicted octanol–water partition coefficient (Wildman–Crippen LogP) is 6.40. The van der Waals surface area contributed by atoms with Gasteiger partial charge in [-0.3, -0.25) is 15.4 Å². The van der Waals surface area contributed by atoms with E-state index >= 15 is 0 Å². The first-order valence-corrected chi connectivity index (χ1v) is 13.6. The van der Waals surface area contributed by atoms with Crippen molar-refractivity contribution in [1.29, 1.82) is 0 Å². The van der Waals surface area contributed by atoms with Gasteiger partial charge >= 0.3 is 6.03 Å². The Morgan fingerprint density at radius 3 is 2.12 bits per heavy atom. The molecule has 2 heterocycles. The van der Waals surface area contributed by atoms with E-state index in [0.29, 0.717) is 27.9 Å². The van der Waals surface area contributed by atoms with Crippen LogP contribution in [-0.2, 0) is 4.79 Å². The molecule has 0 radical (unpaired) electrons. The summed E-state index contributed by atoms with van der Waals surface area (Å²) >= 11 is 1.36. The van der Waals surface area contributed by atoms with Crippen LogP contribution in [0.2, 0.25) is 0 Å². The van der Waals surface area contributed by atoms with Crippen molar-refractivity contribution in [2.24, 2.45) is 0 Å². The van der Waals surface area contributed by atoms with Crippen molar-refractivity contribution < 1.29 is 14.3 Å². The average Bonchev–Trinajstić information content (AvgIpc) is 3.41. The molecule has 212 valence electrons. The second kappa shape index (κ2) is 12.7. The number of aromatic nitrogens is 4. The Labute approximate surface area is 245 Å². The number of amides is 3. The number of thiazole rings is 1. The Balaban J connectivity index is 1.36. The fourth-order valence-electron chi connectivity index (χ4n) is 3.82. The molecule has 13 heteroatoms. The van der Waals surface area contributed by atoms with Crippen molar-refractivity contribution in [1.82, 2.24) is 19.9 Å². The third-order valence-electron chi connectivity index (χ3n) is 5.71. The Morgan fingerprint density at radius 2 is 1.43 bits per heavy atom. The molecule has 0 fully saturated rings. The van der Waals surface area contributed by atoms with Gasteiger partial charge in [0, 0.05) is 34.9 Å². The van der Waals surface area contributed by atoms with Crippen LogP contribution in [0.1, 0.15) is 12.5 Å². The zero-order valence-corrected chi connectivity index (χ0v) is 23.7. The Kier molecular flexibility index (Phi) is 8.49. The first-order chi connectivity index (χ1) is 20.3. The van der Waals surface area contributed by atoms with Crippen LogP contribution in [0.25, 0.3) is 11.3 Å². The summed E-state index contributed by atoms with van der Waals surface area (Å²) in [6, 6.07) is 21.5. The molecule has 0 aliphatic heterocycles. The van der Waals surface area contributed by atoms with Gasteiger partial charge in [0.25, 0.3) is 0 Å². The van der Waals surface area contributed by atoms with Gasteiger partial charge in [-0.15, -0.1) is 11.3 Å². The molecule has 0 atom stereocenters. The zero-order chi connectivity index (χ0) is 29.5. The molecule has 0 aliphatic carbocycles. The minimum absolute atomic E-state index is 0.0269. The Morgan fingerprint density at radius 1 is 0.738 bits per heavy atom. The quantitative estimate of drug-likeness (QED) is 0.133. The summed E-state index contributed by atoms with van der Waals surface area (Å²) in [5, 5.41) is 16.9. The highest BCUT2D eigenvalue weighted by atomic mass is 32.1. The fraction of sp³-hybridized carbons (Fsp3) is 0.103. The fourth-order valence-corrected chi connectivity index (χ4v) is 4.53. The minimum atomic E-state index is -0.507. The van der Waals surface area contributed by atoms with Crippen molar-refractivity contribution in [3.05, 3.63) is 83.7 Å². The molecule has 0 saturated heterocycles. The number of aryl methyl sites for hydroxylation is 1. The van der Waals surface area contributed by atoms with E-state index in [1.807, 2.05) is 66.9 Å². The van der Waals surface area contributed by atoms with E-state index in [2.05, 4.69) is 46.5 Å². The van der Waals surface area contributed by atoms with Crippen LogP contribution in [0.5, 0.6) is 5.75 Å². The molecule has 3 aromatic carbocycles. The second-order valence-electron chi connectivity index (χ2n) is 9.03. The lowest BCUT2D eigenvalue weighted by atomic mass is 10.1. The van der Waals surface area contributed by atoms with Crippen LogP contribution in [-0.4, -0.2) is 39.0 Å². The van der Waals surface area contributed by atoms with Gasteiger partial charge in [0.2, 0.25) is 23.8 Å². The number of ether oxygens (including phenoxy) is 1. The number of rotatable bonds is 9. The third-order valence-corrected chi connectivity index (χ3v) is 6.46. The maximum Gasteiger partial charge on any atom is 0.326 e. The van der Waals surface area contributed by atoms with Crippen molar-refractivity contribution in [3.8, 4) is 17.0 Å². The minimum Gasteiger partial charge on any atom is -0.497 e. The van der Waals surface area contributed by atoms with Crippen molar-refractivity contribution in [2.75, 3.05) is 33.7 Å². The molecule has 5 aromatic rings. The Hall–Kier alpha value is -5.56. The highest BCUT2D eigenvalue weighted by Crippen LogP contribution is 2.28. The van der Waals surface area contributed by atoms with Crippen LogP contribution in [0.15, 0.2) is 78.2 Å². The van der Waals surface area contributed by atoms with Gasteiger partial charge in [-0.05, 0) is 61.0 Å². The van der Waals surface area contributed by atoms with E-state index in [1.54, 1.807) is 25.3 Å². The number of nitrogens with zero attached hydrogens (tertiary/aromatic N) is 4. The molecule has 2 aromatic heterocycles. The summed E-state index contributed by atoms with van der Waals surface area (Å²) in [4.78, 5) is 41.9. The predicted molar refractivity (Wildman–Crippen MR) is 165 cm³/mol. The van der Waals surface area contributed by atoms with Crippen LogP contribution >= 0.6 is 11.3 Å². The van der Waals surface area contributed by atoms with Crippen LogP contribution in [0, 0.1) is 6.92 Å². The van der Waals surface area contributed by atoms with E-state index in [9.17, 15) is 9.59 Å². The number of hydrogen-bond donors (Lipinski definition) is 5. The van der Waals surface area contributed by atoms with Crippen LogP contribution in [0.3, 0.4) is 0 Å². The first-order valence-electron chi connectivity index (χ1n) is 12.8. The number of hydrogen-bond acceptors (Lipinski definition) is 10. The number of nitrogens with one attached hydrogen (secondary N) is 5. The van der Waals surface area contributed by atoms with E-state index in [1.165, 1.54) is 18.3 Å². The SMILES string of the molecule is COc1ccc(Nc2nc(NC(=O)Nc3cccc(C)c3)nc(Nc3nc(-c4ccc(NC(C)=O)cc4)cs3)n2)cc1. The molecule has 0 spiro atoms. The lowest BCUT2D eigenvalue weighted by Gasteiger charge is -2.11. The molecule has 42 heavy (non-hydrogen) atoms. The maximum absolute atomic E-state index is 12.7. The summed E-state index contributed by atoms with van der Waals surface area (Å²) < 4.78 is 5.22. The van der Waals surface area contributed by atoms with E-state index in [0.717, 1.165) is 16.8 Å². The molecule has 5 rings (SSSR count). The van der Waals surface area contributed by atoms with Gasteiger partial charge in [0.05, 0.1) is 12.8 Å². The number of carbonyl (C=O) groups is 2. The van der Waals surface area contributed by atoms with Gasteiger partial charge < -0.3 is 20.7 Å². The topological polar surface area (TPSA) is 155 Å². The average molecular weight is 582 g/mol. The van der Waals surface area contributed by atoms with Crippen molar-refractivity contribution >= 4 is 63.3 Å². The summed E-state index contributed by atoms with van der Waals surface area (Å²) in [6.45, 7) is 3.40. The molecule has 0 bridgehead atoms. The second-order valence-corrected chi connectivity index (χ2v) is 9.89. The van der Waals surface area contributed by atoms with Gasteiger partial charge in [-0.1, -0.05) is 24.3 Å². The number of carbonyl (C=O) groups excluding carboxylic acids is 2. The van der Waals surface area contributed by atoms with Gasteiger partial charge in [-0.2, -0.15) is 15.0 Å². The smallest absolute Gasteiger partial charge is 0.326 e. The van der Waals surface area contributed by atoms with Crippen molar-refractivity contribution in [3.63, 3.8) is 0 Å². The molecule has 0 aliphatic rings. The monoisotopic (exact) mass is 581 g/mol. The standard InChI is InChI=1S/C29H27N9O3S/c1-17-5-4-6-22(15-17)32-28(40)37-26-34-25(31-21-11-13-23(41-3)14-12-21)35-27(36-26)38-29-33-24(16-42-29)19-7-9-20(10-8-19)30-18(2)39/h4-16H,1-3H3,(H,30,39)(H4,31,32,33,34,35,36,37,38,40). The highest BCUT2D eigenvalue weighted by molar-refractivity contribution is 7.14. The summed E-state index contributed by atoms with van der Waals surface area (Å²) in [6.07, 6.45) is 0. The third kappa shape index (κ3) is 7.55. The molecule has 0 unspecified atom stereocenters. The highest BCUT2D eigenvalue weighted by Gasteiger charge is 2.13. The van der Waals surface area contributed by atoms with Crippen LogP contribution in [0.4, 0.5) is 44.8 Å². The molecule has 12 nitrogen and oxygen atoms in total. The molecule has 5 N–H and O–H groups in total. The number of anilines is 7. The molecule has 0 saturated carbocycles. The van der Waals surface area contributed by atoms with E-state index < -0.39 is 6.03 Å². The normalized spacial score (nSPS) is 10.5.